The number of hydrogen-bond donors (Lipinski definition) is 0. The molecule has 0 aliphatic carbocycles. The number of nitrogens with zero attached hydrogens (tertiary/aromatic N) is 1. The maximum atomic E-state index is 5.41. The zero-order valence-electron chi connectivity index (χ0n) is 10.1. The zero-order valence-corrected chi connectivity index (χ0v) is 10.1. The molecule has 1 aliphatic rings. The van der Waals surface area contributed by atoms with Crippen LogP contribution in [0.4, 0.5) is 0 Å². The number of fused-ring (bicyclic) bond motifs is 1. The summed E-state index contributed by atoms with van der Waals surface area (Å²) >= 11 is 0. The highest BCUT2D eigenvalue weighted by molar-refractivity contribution is 5.33. The van der Waals surface area contributed by atoms with E-state index in [1.807, 2.05) is 12.1 Å². The van der Waals surface area contributed by atoms with Crippen molar-refractivity contribution in [3.8, 4) is 0 Å². The van der Waals surface area contributed by atoms with Crippen LogP contribution in [-0.2, 0) is 19.5 Å². The number of rotatable bonds is 2. The monoisotopic (exact) mass is 227 g/mol. The summed E-state index contributed by atoms with van der Waals surface area (Å²) < 4.78 is 5.41. The van der Waals surface area contributed by atoms with Crippen LogP contribution in [0.5, 0.6) is 0 Å². The van der Waals surface area contributed by atoms with Crippen molar-refractivity contribution in [3.63, 3.8) is 0 Å². The number of benzene rings is 1. The quantitative estimate of drug-likeness (QED) is 0.783. The van der Waals surface area contributed by atoms with Crippen molar-refractivity contribution in [1.29, 1.82) is 0 Å². The summed E-state index contributed by atoms with van der Waals surface area (Å²) in [5.74, 6) is 1.06. The van der Waals surface area contributed by atoms with Crippen LogP contribution in [-0.4, -0.2) is 11.4 Å². The van der Waals surface area contributed by atoms with Gasteiger partial charge >= 0.3 is 0 Å². The minimum Gasteiger partial charge on any atom is -0.468 e. The Kier molecular flexibility index (Phi) is 2.73. The molecule has 0 unspecified atom stereocenters. The van der Waals surface area contributed by atoms with Gasteiger partial charge in [-0.2, -0.15) is 0 Å². The molecule has 0 saturated heterocycles. The van der Waals surface area contributed by atoms with Gasteiger partial charge in [-0.1, -0.05) is 23.8 Å². The van der Waals surface area contributed by atoms with Crippen molar-refractivity contribution in [2.24, 2.45) is 0 Å². The van der Waals surface area contributed by atoms with E-state index in [2.05, 4.69) is 30.0 Å². The molecule has 0 amide bonds. The van der Waals surface area contributed by atoms with Gasteiger partial charge < -0.3 is 4.42 Å². The lowest BCUT2D eigenvalue weighted by molar-refractivity contribution is 0.225. The second-order valence-electron chi connectivity index (χ2n) is 4.81. The largest absolute Gasteiger partial charge is 0.468 e. The van der Waals surface area contributed by atoms with Gasteiger partial charge in [-0.25, -0.2) is 0 Å². The first-order valence-electron chi connectivity index (χ1n) is 6.14. The molecule has 17 heavy (non-hydrogen) atoms. The summed E-state index contributed by atoms with van der Waals surface area (Å²) in [6.45, 7) is 5.24. The highest BCUT2D eigenvalue weighted by Gasteiger charge is 2.16. The summed E-state index contributed by atoms with van der Waals surface area (Å²) in [5, 5.41) is 0. The number of aryl methyl sites for hydroxylation is 1. The molecule has 0 spiro atoms. The third-order valence-electron chi connectivity index (χ3n) is 3.41. The molecule has 0 atom stereocenters. The SMILES string of the molecule is Cc1ccc2c(c1)CN(Cc1ccco1)CC2. The van der Waals surface area contributed by atoms with Crippen molar-refractivity contribution in [2.45, 2.75) is 26.4 Å². The third kappa shape index (κ3) is 2.27. The van der Waals surface area contributed by atoms with E-state index in [-0.39, 0.29) is 0 Å². The second kappa shape index (κ2) is 4.38. The van der Waals surface area contributed by atoms with Gasteiger partial charge in [0.2, 0.25) is 0 Å². The van der Waals surface area contributed by atoms with Crippen LogP contribution in [0, 0.1) is 6.92 Å². The minimum absolute atomic E-state index is 0.917. The fourth-order valence-electron chi connectivity index (χ4n) is 2.50. The molecule has 2 heteroatoms. The van der Waals surface area contributed by atoms with E-state index in [4.69, 9.17) is 4.42 Å². The van der Waals surface area contributed by atoms with E-state index < -0.39 is 0 Å². The average Bonchev–Trinajstić information content (AvgIpc) is 2.81. The molecular formula is C15H17NO. The highest BCUT2D eigenvalue weighted by Crippen LogP contribution is 2.21. The van der Waals surface area contributed by atoms with Gasteiger partial charge in [0.05, 0.1) is 12.8 Å². The smallest absolute Gasteiger partial charge is 0.117 e. The van der Waals surface area contributed by atoms with Gasteiger partial charge in [0.25, 0.3) is 0 Å². The molecule has 0 N–H and O–H groups in total. The molecule has 0 saturated carbocycles. The molecule has 1 aromatic carbocycles. The first-order valence-corrected chi connectivity index (χ1v) is 6.14. The Morgan fingerprint density at radius 2 is 2.18 bits per heavy atom. The maximum absolute atomic E-state index is 5.41. The Balaban J connectivity index is 1.76. The average molecular weight is 227 g/mol. The number of furan rings is 1. The summed E-state index contributed by atoms with van der Waals surface area (Å²) in [6.07, 6.45) is 2.90. The van der Waals surface area contributed by atoms with Crippen molar-refractivity contribution in [2.75, 3.05) is 6.54 Å². The Labute approximate surface area is 102 Å². The lowest BCUT2D eigenvalue weighted by atomic mass is 9.98. The molecule has 1 aromatic heterocycles. The fourth-order valence-corrected chi connectivity index (χ4v) is 2.50. The normalized spacial score (nSPS) is 15.8. The molecule has 2 nitrogen and oxygen atoms in total. The molecule has 2 heterocycles. The standard InChI is InChI=1S/C15H17NO/c1-12-4-5-13-6-7-16(10-14(13)9-12)11-15-3-2-8-17-15/h2-5,8-9H,6-7,10-11H2,1H3. The molecule has 0 radical (unpaired) electrons. The first-order chi connectivity index (χ1) is 8.31. The Hall–Kier alpha value is -1.54. The van der Waals surface area contributed by atoms with Crippen LogP contribution in [0.2, 0.25) is 0 Å². The van der Waals surface area contributed by atoms with Crippen LogP contribution < -0.4 is 0 Å². The van der Waals surface area contributed by atoms with E-state index in [9.17, 15) is 0 Å². The molecule has 2 aromatic rings. The Morgan fingerprint density at radius 3 is 3.00 bits per heavy atom. The topological polar surface area (TPSA) is 16.4 Å². The first kappa shape index (κ1) is 10.6. The van der Waals surface area contributed by atoms with Crippen LogP contribution in [0.25, 0.3) is 0 Å². The van der Waals surface area contributed by atoms with Crippen LogP contribution in [0.1, 0.15) is 22.5 Å². The lowest BCUT2D eigenvalue weighted by Crippen LogP contribution is -2.29. The number of hydrogen-bond acceptors (Lipinski definition) is 2. The van der Waals surface area contributed by atoms with Gasteiger partial charge in [-0.05, 0) is 36.6 Å². The second-order valence-corrected chi connectivity index (χ2v) is 4.81. The molecular weight excluding hydrogens is 210 g/mol. The molecule has 0 fully saturated rings. The van der Waals surface area contributed by atoms with Gasteiger partial charge in [-0.15, -0.1) is 0 Å². The molecule has 1 aliphatic heterocycles. The van der Waals surface area contributed by atoms with Crippen LogP contribution >= 0.6 is 0 Å². The van der Waals surface area contributed by atoms with E-state index in [0.29, 0.717) is 0 Å². The Morgan fingerprint density at radius 1 is 1.24 bits per heavy atom. The predicted octanol–water partition coefficient (Wildman–Crippen LogP) is 3.15. The summed E-state index contributed by atoms with van der Waals surface area (Å²) in [7, 11) is 0. The van der Waals surface area contributed by atoms with Gasteiger partial charge in [0, 0.05) is 13.1 Å². The van der Waals surface area contributed by atoms with Crippen LogP contribution in [0.15, 0.2) is 41.0 Å². The molecule has 0 bridgehead atoms. The zero-order chi connectivity index (χ0) is 11.7. The van der Waals surface area contributed by atoms with Crippen molar-refractivity contribution < 1.29 is 4.42 Å². The highest BCUT2D eigenvalue weighted by atomic mass is 16.3. The van der Waals surface area contributed by atoms with E-state index in [1.165, 1.54) is 16.7 Å². The molecule has 3 rings (SSSR count). The fraction of sp³-hybridized carbons (Fsp3) is 0.333. The minimum atomic E-state index is 0.917. The Bertz CT molecular complexity index is 502. The van der Waals surface area contributed by atoms with Crippen LogP contribution in [0.3, 0.4) is 0 Å². The van der Waals surface area contributed by atoms with E-state index >= 15 is 0 Å². The van der Waals surface area contributed by atoms with Crippen molar-refractivity contribution >= 4 is 0 Å². The predicted molar refractivity (Wildman–Crippen MR) is 67.7 cm³/mol. The summed E-state index contributed by atoms with van der Waals surface area (Å²) in [4.78, 5) is 2.45. The van der Waals surface area contributed by atoms with Gasteiger partial charge in [0.15, 0.2) is 0 Å². The summed E-state index contributed by atoms with van der Waals surface area (Å²) in [5.41, 5.74) is 4.33. The maximum Gasteiger partial charge on any atom is 0.117 e. The van der Waals surface area contributed by atoms with Crippen molar-refractivity contribution in [1.82, 2.24) is 4.90 Å². The molecule has 88 valence electrons. The van der Waals surface area contributed by atoms with Crippen molar-refractivity contribution in [3.05, 3.63) is 59.0 Å². The van der Waals surface area contributed by atoms with E-state index in [0.717, 1.165) is 31.8 Å². The van der Waals surface area contributed by atoms with Gasteiger partial charge in [0.1, 0.15) is 5.76 Å². The van der Waals surface area contributed by atoms with Gasteiger partial charge in [-0.3, -0.25) is 4.90 Å². The third-order valence-corrected chi connectivity index (χ3v) is 3.41. The van der Waals surface area contributed by atoms with E-state index in [1.54, 1.807) is 6.26 Å². The summed E-state index contributed by atoms with van der Waals surface area (Å²) in [6, 6.07) is 10.8. The lowest BCUT2D eigenvalue weighted by Gasteiger charge is -2.28.